The lowest BCUT2D eigenvalue weighted by atomic mass is 10.2. The molecule has 0 saturated carbocycles. The monoisotopic (exact) mass is 233 g/mol. The van der Waals surface area contributed by atoms with Crippen LogP contribution in [0.15, 0.2) is 29.6 Å². The van der Waals surface area contributed by atoms with Crippen molar-refractivity contribution in [2.45, 2.75) is 13.5 Å². The van der Waals surface area contributed by atoms with Gasteiger partial charge in [-0.1, -0.05) is 18.2 Å². The zero-order valence-corrected chi connectivity index (χ0v) is 10.3. The molecule has 4 heteroatoms. The quantitative estimate of drug-likeness (QED) is 0.829. The summed E-state index contributed by atoms with van der Waals surface area (Å²) in [4.78, 5) is 6.55. The minimum absolute atomic E-state index is 0.791. The molecule has 0 fully saturated rings. The van der Waals surface area contributed by atoms with Gasteiger partial charge in [0, 0.05) is 24.7 Å². The molecule has 2 N–H and O–H groups in total. The molecule has 0 aliphatic carbocycles. The second kappa shape index (κ2) is 4.53. The lowest BCUT2D eigenvalue weighted by molar-refractivity contribution is 0.913. The molecule has 2 rings (SSSR count). The number of nitrogens with zero attached hydrogens (tertiary/aromatic N) is 2. The van der Waals surface area contributed by atoms with Gasteiger partial charge in [-0.25, -0.2) is 4.98 Å². The van der Waals surface area contributed by atoms with Crippen LogP contribution in [-0.2, 0) is 6.54 Å². The highest BCUT2D eigenvalue weighted by atomic mass is 32.1. The molecular formula is C12H15N3S. The van der Waals surface area contributed by atoms with Gasteiger partial charge in [-0.3, -0.25) is 0 Å². The molecule has 0 aliphatic rings. The molecular weight excluding hydrogens is 218 g/mol. The lowest BCUT2D eigenvalue weighted by Crippen LogP contribution is -2.17. The third-order valence-electron chi connectivity index (χ3n) is 2.40. The molecule has 0 unspecified atom stereocenters. The largest absolute Gasteiger partial charge is 0.398 e. The summed E-state index contributed by atoms with van der Waals surface area (Å²) in [6.45, 7) is 2.80. The molecule has 0 amide bonds. The standard InChI is InChI=1S/C12H15N3S/c1-9-8-16-12(14-9)15(2)7-10-5-3-4-6-11(10)13/h3-6,8H,7,13H2,1-2H3. The maximum absolute atomic E-state index is 5.91. The fourth-order valence-corrected chi connectivity index (χ4v) is 2.29. The van der Waals surface area contributed by atoms with Gasteiger partial charge in [-0.15, -0.1) is 11.3 Å². The van der Waals surface area contributed by atoms with Crippen molar-refractivity contribution in [1.29, 1.82) is 0 Å². The zero-order valence-electron chi connectivity index (χ0n) is 9.47. The van der Waals surface area contributed by atoms with Crippen LogP contribution >= 0.6 is 11.3 Å². The fourth-order valence-electron chi connectivity index (χ4n) is 1.52. The molecule has 16 heavy (non-hydrogen) atoms. The Labute approximate surface area is 99.5 Å². The van der Waals surface area contributed by atoms with E-state index in [1.807, 2.05) is 38.2 Å². The number of aryl methyl sites for hydroxylation is 1. The summed E-state index contributed by atoms with van der Waals surface area (Å²) in [7, 11) is 2.03. The van der Waals surface area contributed by atoms with Crippen molar-refractivity contribution in [2.24, 2.45) is 0 Å². The number of aromatic nitrogens is 1. The van der Waals surface area contributed by atoms with Crippen molar-refractivity contribution in [1.82, 2.24) is 4.98 Å². The minimum atomic E-state index is 0.791. The van der Waals surface area contributed by atoms with Crippen LogP contribution in [0, 0.1) is 6.92 Å². The van der Waals surface area contributed by atoms with Crippen LogP contribution in [0.2, 0.25) is 0 Å². The van der Waals surface area contributed by atoms with Gasteiger partial charge < -0.3 is 10.6 Å². The summed E-state index contributed by atoms with van der Waals surface area (Å²) >= 11 is 1.66. The minimum Gasteiger partial charge on any atom is -0.398 e. The number of hydrogen-bond acceptors (Lipinski definition) is 4. The second-order valence-electron chi connectivity index (χ2n) is 3.83. The van der Waals surface area contributed by atoms with E-state index in [2.05, 4.69) is 15.3 Å². The summed E-state index contributed by atoms with van der Waals surface area (Å²) in [5.41, 5.74) is 8.94. The summed E-state index contributed by atoms with van der Waals surface area (Å²) < 4.78 is 0. The molecule has 1 aromatic carbocycles. The van der Waals surface area contributed by atoms with Crippen molar-refractivity contribution in [3.05, 3.63) is 40.9 Å². The first-order valence-electron chi connectivity index (χ1n) is 5.13. The first-order valence-corrected chi connectivity index (χ1v) is 6.01. The maximum Gasteiger partial charge on any atom is 0.185 e. The van der Waals surface area contributed by atoms with Gasteiger partial charge in [0.15, 0.2) is 5.13 Å². The Morgan fingerprint density at radius 2 is 2.12 bits per heavy atom. The molecule has 0 bridgehead atoms. The predicted molar refractivity (Wildman–Crippen MR) is 69.8 cm³/mol. The lowest BCUT2D eigenvalue weighted by Gasteiger charge is -2.16. The normalized spacial score (nSPS) is 10.4. The van der Waals surface area contributed by atoms with Gasteiger partial charge in [0.2, 0.25) is 0 Å². The number of nitrogen functional groups attached to an aromatic ring is 1. The summed E-state index contributed by atoms with van der Waals surface area (Å²) in [5.74, 6) is 0. The van der Waals surface area contributed by atoms with Gasteiger partial charge in [-0.05, 0) is 18.6 Å². The van der Waals surface area contributed by atoms with Crippen LogP contribution in [0.5, 0.6) is 0 Å². The number of para-hydroxylation sites is 1. The van der Waals surface area contributed by atoms with Crippen LogP contribution in [0.25, 0.3) is 0 Å². The average molecular weight is 233 g/mol. The molecule has 2 aromatic rings. The molecule has 0 saturated heterocycles. The van der Waals surface area contributed by atoms with Gasteiger partial charge in [-0.2, -0.15) is 0 Å². The summed E-state index contributed by atoms with van der Waals surface area (Å²) in [6.07, 6.45) is 0. The number of rotatable bonds is 3. The van der Waals surface area contributed by atoms with Crippen molar-refractivity contribution < 1.29 is 0 Å². The van der Waals surface area contributed by atoms with E-state index in [4.69, 9.17) is 5.73 Å². The van der Waals surface area contributed by atoms with Crippen LogP contribution in [-0.4, -0.2) is 12.0 Å². The molecule has 84 valence electrons. The van der Waals surface area contributed by atoms with Crippen LogP contribution in [0.1, 0.15) is 11.3 Å². The van der Waals surface area contributed by atoms with Crippen LogP contribution in [0.4, 0.5) is 10.8 Å². The molecule has 1 heterocycles. The fraction of sp³-hybridized carbons (Fsp3) is 0.250. The maximum atomic E-state index is 5.91. The first-order chi connectivity index (χ1) is 7.66. The number of benzene rings is 1. The van der Waals surface area contributed by atoms with E-state index in [-0.39, 0.29) is 0 Å². The molecule has 3 nitrogen and oxygen atoms in total. The SMILES string of the molecule is Cc1csc(N(C)Cc2ccccc2N)n1. The first kappa shape index (κ1) is 11.0. The van der Waals surface area contributed by atoms with E-state index >= 15 is 0 Å². The third-order valence-corrected chi connectivity index (χ3v) is 3.47. The molecule has 0 aliphatic heterocycles. The Balaban J connectivity index is 2.13. The van der Waals surface area contributed by atoms with E-state index in [1.165, 1.54) is 0 Å². The van der Waals surface area contributed by atoms with E-state index in [0.717, 1.165) is 28.6 Å². The van der Waals surface area contributed by atoms with E-state index in [1.54, 1.807) is 11.3 Å². The van der Waals surface area contributed by atoms with E-state index < -0.39 is 0 Å². The summed E-state index contributed by atoms with van der Waals surface area (Å²) in [6, 6.07) is 7.93. The van der Waals surface area contributed by atoms with Gasteiger partial charge >= 0.3 is 0 Å². The van der Waals surface area contributed by atoms with Crippen LogP contribution in [0.3, 0.4) is 0 Å². The Bertz CT molecular complexity index is 479. The highest BCUT2D eigenvalue weighted by Gasteiger charge is 2.07. The highest BCUT2D eigenvalue weighted by Crippen LogP contribution is 2.22. The van der Waals surface area contributed by atoms with E-state index in [0.29, 0.717) is 0 Å². The molecule has 0 atom stereocenters. The topological polar surface area (TPSA) is 42.1 Å². The summed E-state index contributed by atoms with van der Waals surface area (Å²) in [5, 5.41) is 3.08. The van der Waals surface area contributed by atoms with Crippen LogP contribution < -0.4 is 10.6 Å². The predicted octanol–water partition coefficient (Wildman–Crippen LogP) is 2.67. The smallest absolute Gasteiger partial charge is 0.185 e. The number of thiazole rings is 1. The zero-order chi connectivity index (χ0) is 11.5. The Morgan fingerprint density at radius 1 is 1.38 bits per heavy atom. The molecule has 0 spiro atoms. The van der Waals surface area contributed by atoms with Crippen molar-refractivity contribution in [3.63, 3.8) is 0 Å². The van der Waals surface area contributed by atoms with Crippen molar-refractivity contribution in [2.75, 3.05) is 17.7 Å². The average Bonchev–Trinajstić information content (AvgIpc) is 2.68. The van der Waals surface area contributed by atoms with Gasteiger partial charge in [0.1, 0.15) is 0 Å². The second-order valence-corrected chi connectivity index (χ2v) is 4.66. The molecule has 0 radical (unpaired) electrons. The van der Waals surface area contributed by atoms with Gasteiger partial charge in [0.05, 0.1) is 5.69 Å². The highest BCUT2D eigenvalue weighted by molar-refractivity contribution is 7.13. The Kier molecular flexibility index (Phi) is 3.10. The third kappa shape index (κ3) is 2.33. The Hall–Kier alpha value is -1.55. The Morgan fingerprint density at radius 3 is 2.75 bits per heavy atom. The molecule has 1 aromatic heterocycles. The van der Waals surface area contributed by atoms with E-state index in [9.17, 15) is 0 Å². The number of anilines is 2. The van der Waals surface area contributed by atoms with Crippen molar-refractivity contribution in [3.8, 4) is 0 Å². The van der Waals surface area contributed by atoms with Gasteiger partial charge in [0.25, 0.3) is 0 Å². The number of hydrogen-bond donors (Lipinski definition) is 1. The number of nitrogens with two attached hydrogens (primary N) is 1. The van der Waals surface area contributed by atoms with Crippen molar-refractivity contribution >= 4 is 22.2 Å².